The summed E-state index contributed by atoms with van der Waals surface area (Å²) in [6, 6.07) is 0. The maximum Gasteiger partial charge on any atom is 0.198 e. The Hall–Kier alpha value is -1.35. The number of fused-ring (bicyclic) bond motifs is 2. The average Bonchev–Trinajstić information content (AvgIpc) is 2.84. The summed E-state index contributed by atoms with van der Waals surface area (Å²) in [5, 5.41) is 0. The fourth-order valence-electron chi connectivity index (χ4n) is 2.78. The minimum Gasteiger partial charge on any atom is -0.468 e. The van der Waals surface area contributed by atoms with Crippen LogP contribution in [0.15, 0.2) is 22.3 Å². The van der Waals surface area contributed by atoms with Crippen molar-refractivity contribution in [1.29, 1.82) is 0 Å². The van der Waals surface area contributed by atoms with Gasteiger partial charge in [0.1, 0.15) is 17.5 Å². The van der Waals surface area contributed by atoms with Crippen LogP contribution < -0.4 is 0 Å². The van der Waals surface area contributed by atoms with Gasteiger partial charge >= 0.3 is 0 Å². The number of hydrogen-bond donors (Lipinski definition) is 0. The minimum atomic E-state index is -0.278. The highest BCUT2D eigenvalue weighted by Gasteiger charge is 2.56. The lowest BCUT2D eigenvalue weighted by Crippen LogP contribution is -2.20. The molecule has 0 spiro atoms. The number of Topliss-reactive ketones (excluding diaryl/α,β-unsaturated/α-hetero) is 1. The zero-order valence-electron chi connectivity index (χ0n) is 11.1. The maximum absolute atomic E-state index is 12.5. The normalized spacial score (nSPS) is 34.3. The standard InChI is InChI=1S/C15H18O3/c1-9-5-4-6-15(3)14(18-15)13(16)12-10(2)8-17-11(12)7-9/h5,8,14H,4,6-7H2,1-3H3/b9-5-/t14-,15+/m0/s1. The third kappa shape index (κ3) is 1.74. The number of furan rings is 1. The van der Waals surface area contributed by atoms with E-state index in [1.807, 2.05) is 13.8 Å². The zero-order chi connectivity index (χ0) is 12.9. The number of rotatable bonds is 0. The van der Waals surface area contributed by atoms with E-state index >= 15 is 0 Å². The Labute approximate surface area is 107 Å². The van der Waals surface area contributed by atoms with Crippen LogP contribution in [0.4, 0.5) is 0 Å². The van der Waals surface area contributed by atoms with Crippen molar-refractivity contribution in [2.45, 2.75) is 51.7 Å². The molecule has 1 fully saturated rings. The molecule has 3 nitrogen and oxygen atoms in total. The summed E-state index contributed by atoms with van der Waals surface area (Å²) < 4.78 is 11.2. The fraction of sp³-hybridized carbons (Fsp3) is 0.533. The Morgan fingerprint density at radius 2 is 2.17 bits per heavy atom. The molecule has 0 bridgehead atoms. The number of epoxide rings is 1. The molecule has 2 heterocycles. The van der Waals surface area contributed by atoms with Gasteiger partial charge < -0.3 is 9.15 Å². The first-order chi connectivity index (χ1) is 8.51. The lowest BCUT2D eigenvalue weighted by molar-refractivity contribution is 0.0951. The Kier molecular flexibility index (Phi) is 2.49. The molecule has 18 heavy (non-hydrogen) atoms. The SMILES string of the molecule is C/C1=C/CC[C@@]2(C)O[C@H]2C(=O)c2c(C)coc2C1. The Balaban J connectivity index is 2.05. The Morgan fingerprint density at radius 1 is 1.39 bits per heavy atom. The predicted molar refractivity (Wildman–Crippen MR) is 67.7 cm³/mol. The second-order valence-electron chi connectivity index (χ2n) is 5.66. The van der Waals surface area contributed by atoms with Gasteiger partial charge in [-0.15, -0.1) is 0 Å². The van der Waals surface area contributed by atoms with Gasteiger partial charge in [-0.2, -0.15) is 0 Å². The van der Waals surface area contributed by atoms with Crippen LogP contribution in [0.5, 0.6) is 0 Å². The topological polar surface area (TPSA) is 42.7 Å². The Bertz CT molecular complexity index is 538. The van der Waals surface area contributed by atoms with E-state index in [1.54, 1.807) is 6.26 Å². The molecule has 0 saturated carbocycles. The van der Waals surface area contributed by atoms with Crippen LogP contribution in [-0.4, -0.2) is 17.5 Å². The van der Waals surface area contributed by atoms with Crippen LogP contribution in [0.2, 0.25) is 0 Å². The van der Waals surface area contributed by atoms with E-state index < -0.39 is 0 Å². The first-order valence-corrected chi connectivity index (χ1v) is 6.46. The van der Waals surface area contributed by atoms with E-state index in [0.717, 1.165) is 36.1 Å². The molecule has 1 aliphatic heterocycles. The number of ketones is 1. The summed E-state index contributed by atoms with van der Waals surface area (Å²) in [4.78, 5) is 12.5. The third-order valence-electron chi connectivity index (χ3n) is 3.99. The molecular weight excluding hydrogens is 228 g/mol. The van der Waals surface area contributed by atoms with Gasteiger partial charge in [-0.05, 0) is 39.2 Å². The van der Waals surface area contributed by atoms with Crippen LogP contribution in [0.1, 0.15) is 48.4 Å². The number of ether oxygens (including phenoxy) is 1. The van der Waals surface area contributed by atoms with E-state index in [0.29, 0.717) is 0 Å². The van der Waals surface area contributed by atoms with E-state index in [2.05, 4.69) is 13.0 Å². The third-order valence-corrected chi connectivity index (χ3v) is 3.99. The summed E-state index contributed by atoms with van der Waals surface area (Å²) in [5.74, 6) is 0.874. The fourth-order valence-corrected chi connectivity index (χ4v) is 2.78. The van der Waals surface area contributed by atoms with Crippen molar-refractivity contribution in [1.82, 2.24) is 0 Å². The van der Waals surface area contributed by atoms with Crippen molar-refractivity contribution in [2.75, 3.05) is 0 Å². The maximum atomic E-state index is 12.5. The Morgan fingerprint density at radius 3 is 2.94 bits per heavy atom. The first-order valence-electron chi connectivity index (χ1n) is 6.46. The van der Waals surface area contributed by atoms with Crippen molar-refractivity contribution >= 4 is 5.78 Å². The molecule has 0 amide bonds. The second kappa shape index (κ2) is 3.82. The molecule has 3 heteroatoms. The number of aryl methyl sites for hydroxylation is 1. The van der Waals surface area contributed by atoms with E-state index in [-0.39, 0.29) is 17.5 Å². The molecule has 2 atom stereocenters. The molecule has 3 rings (SSSR count). The summed E-state index contributed by atoms with van der Waals surface area (Å²) in [7, 11) is 0. The van der Waals surface area contributed by atoms with Gasteiger partial charge in [0.25, 0.3) is 0 Å². The lowest BCUT2D eigenvalue weighted by atomic mass is 9.91. The predicted octanol–water partition coefficient (Wildman–Crippen LogP) is 3.21. The van der Waals surface area contributed by atoms with Crippen LogP contribution in [0.3, 0.4) is 0 Å². The van der Waals surface area contributed by atoms with Gasteiger partial charge in [-0.3, -0.25) is 4.79 Å². The number of hydrogen-bond acceptors (Lipinski definition) is 3. The summed E-state index contributed by atoms with van der Waals surface area (Å²) in [6.07, 6.45) is 6.21. The van der Waals surface area contributed by atoms with Crippen molar-refractivity contribution in [3.63, 3.8) is 0 Å². The molecule has 2 aliphatic rings. The molecule has 0 N–H and O–H groups in total. The minimum absolute atomic E-state index is 0.0912. The second-order valence-corrected chi connectivity index (χ2v) is 5.66. The van der Waals surface area contributed by atoms with Crippen molar-refractivity contribution in [2.24, 2.45) is 0 Å². The van der Waals surface area contributed by atoms with Crippen molar-refractivity contribution in [3.8, 4) is 0 Å². The van der Waals surface area contributed by atoms with Crippen molar-refractivity contribution in [3.05, 3.63) is 34.8 Å². The number of carbonyl (C=O) groups is 1. The van der Waals surface area contributed by atoms with Crippen LogP contribution in [0, 0.1) is 6.92 Å². The molecule has 0 radical (unpaired) electrons. The van der Waals surface area contributed by atoms with Gasteiger partial charge in [0, 0.05) is 6.42 Å². The molecule has 0 unspecified atom stereocenters. The number of carbonyl (C=O) groups excluding carboxylic acids is 1. The van der Waals surface area contributed by atoms with Crippen LogP contribution >= 0.6 is 0 Å². The highest BCUT2D eigenvalue weighted by atomic mass is 16.6. The van der Waals surface area contributed by atoms with E-state index in [4.69, 9.17) is 9.15 Å². The van der Waals surface area contributed by atoms with E-state index in [1.165, 1.54) is 5.57 Å². The highest BCUT2D eigenvalue weighted by molar-refractivity contribution is 6.04. The summed E-state index contributed by atoms with van der Waals surface area (Å²) >= 11 is 0. The zero-order valence-corrected chi connectivity index (χ0v) is 11.1. The van der Waals surface area contributed by atoms with Gasteiger partial charge in [-0.1, -0.05) is 11.6 Å². The smallest absolute Gasteiger partial charge is 0.198 e. The first kappa shape index (κ1) is 11.7. The van der Waals surface area contributed by atoms with Crippen LogP contribution in [-0.2, 0) is 11.2 Å². The quantitative estimate of drug-likeness (QED) is 0.521. The van der Waals surface area contributed by atoms with Crippen molar-refractivity contribution < 1.29 is 13.9 Å². The largest absolute Gasteiger partial charge is 0.468 e. The molecular formula is C15H18O3. The molecule has 1 aliphatic carbocycles. The van der Waals surface area contributed by atoms with Gasteiger partial charge in [0.2, 0.25) is 0 Å². The molecule has 1 saturated heterocycles. The molecule has 1 aromatic heterocycles. The molecule has 96 valence electrons. The summed E-state index contributed by atoms with van der Waals surface area (Å²) in [6.45, 7) is 6.03. The van der Waals surface area contributed by atoms with E-state index in [9.17, 15) is 4.79 Å². The van der Waals surface area contributed by atoms with Crippen LogP contribution in [0.25, 0.3) is 0 Å². The molecule has 0 aromatic carbocycles. The monoisotopic (exact) mass is 246 g/mol. The van der Waals surface area contributed by atoms with Gasteiger partial charge in [0.15, 0.2) is 5.78 Å². The average molecular weight is 246 g/mol. The van der Waals surface area contributed by atoms with Gasteiger partial charge in [-0.25, -0.2) is 0 Å². The summed E-state index contributed by atoms with van der Waals surface area (Å²) in [5.41, 5.74) is 2.63. The van der Waals surface area contributed by atoms with Gasteiger partial charge in [0.05, 0.1) is 11.8 Å². The lowest BCUT2D eigenvalue weighted by Gasteiger charge is -2.08. The molecule has 1 aromatic rings. The highest BCUT2D eigenvalue weighted by Crippen LogP contribution is 2.43. The number of allylic oxidation sites excluding steroid dienone is 2.